The number of carbonyl (C=O) groups excluding carboxylic acids is 3. The highest BCUT2D eigenvalue weighted by Crippen LogP contribution is 2.55. The van der Waals surface area contributed by atoms with Crippen molar-refractivity contribution in [3.63, 3.8) is 0 Å². The molecule has 3 amide bonds. The number of aryl methyl sites for hydroxylation is 2. The molecule has 2 heterocycles. The van der Waals surface area contributed by atoms with Crippen LogP contribution in [0, 0.1) is 13.8 Å². The van der Waals surface area contributed by atoms with Crippen LogP contribution in [-0.4, -0.2) is 30.0 Å². The molecule has 1 spiro atoms. The van der Waals surface area contributed by atoms with Crippen LogP contribution in [0.5, 0.6) is 0 Å². The van der Waals surface area contributed by atoms with Gasteiger partial charge in [-0.1, -0.05) is 65.7 Å². The van der Waals surface area contributed by atoms with Crippen molar-refractivity contribution >= 4 is 40.9 Å². The zero-order valence-corrected chi connectivity index (χ0v) is 19.9. The van der Waals surface area contributed by atoms with Crippen LogP contribution in [0.4, 0.5) is 11.4 Å². The summed E-state index contributed by atoms with van der Waals surface area (Å²) in [5.41, 5.74) is 5.30. The number of para-hydroxylation sites is 1. The number of fused-ring (bicyclic) bond motifs is 2. The van der Waals surface area contributed by atoms with E-state index in [1.165, 1.54) is 16.7 Å². The van der Waals surface area contributed by atoms with Gasteiger partial charge in [0.15, 0.2) is 0 Å². The zero-order chi connectivity index (χ0) is 23.9. The van der Waals surface area contributed by atoms with Gasteiger partial charge in [-0.05, 0) is 37.6 Å². The molecule has 0 saturated carbocycles. The lowest BCUT2D eigenvalue weighted by atomic mass is 10.0. The minimum absolute atomic E-state index is 0.111. The molecular weight excluding hydrogens is 446 g/mol. The van der Waals surface area contributed by atoms with Crippen LogP contribution in [0.15, 0.2) is 72.8 Å². The van der Waals surface area contributed by atoms with E-state index in [1.807, 2.05) is 86.6 Å². The first-order chi connectivity index (χ1) is 16.4. The number of rotatable bonds is 5. The standard InChI is InChI=1S/C27H25N3O3S/c1-18-7-11-20(12-8-18)15-28-24(31)16-29-23-6-4-3-5-22(23)27(26(29)33)30(25(32)17-34-27)21-13-9-19(2)10-14-21/h3-14H,15-17H2,1-2H3,(H,28,31)/t27-/m0/s1. The molecule has 0 bridgehead atoms. The molecule has 1 fully saturated rings. The number of nitrogens with one attached hydrogen (secondary N) is 1. The summed E-state index contributed by atoms with van der Waals surface area (Å²) in [5.74, 6) is -0.447. The highest BCUT2D eigenvalue weighted by Gasteiger charge is 2.61. The van der Waals surface area contributed by atoms with E-state index in [1.54, 1.807) is 4.90 Å². The fraction of sp³-hybridized carbons (Fsp3) is 0.222. The molecule has 0 radical (unpaired) electrons. The summed E-state index contributed by atoms with van der Waals surface area (Å²) < 4.78 is 0. The predicted molar refractivity (Wildman–Crippen MR) is 135 cm³/mol. The molecule has 34 heavy (non-hydrogen) atoms. The Morgan fingerprint density at radius 1 is 0.941 bits per heavy atom. The van der Waals surface area contributed by atoms with E-state index in [0.29, 0.717) is 17.9 Å². The van der Waals surface area contributed by atoms with Crippen molar-refractivity contribution in [2.75, 3.05) is 22.1 Å². The van der Waals surface area contributed by atoms with E-state index >= 15 is 0 Å². The monoisotopic (exact) mass is 471 g/mol. The van der Waals surface area contributed by atoms with Gasteiger partial charge in [0.05, 0.1) is 11.4 Å². The van der Waals surface area contributed by atoms with E-state index in [-0.39, 0.29) is 30.0 Å². The van der Waals surface area contributed by atoms with E-state index in [9.17, 15) is 14.4 Å². The molecule has 7 heteroatoms. The topological polar surface area (TPSA) is 69.7 Å². The number of carbonyl (C=O) groups is 3. The van der Waals surface area contributed by atoms with Gasteiger partial charge in [-0.2, -0.15) is 0 Å². The second kappa shape index (κ2) is 8.65. The first kappa shape index (κ1) is 22.2. The molecule has 2 aliphatic rings. The summed E-state index contributed by atoms with van der Waals surface area (Å²) in [5, 5.41) is 2.91. The summed E-state index contributed by atoms with van der Waals surface area (Å²) in [6.45, 7) is 4.27. The van der Waals surface area contributed by atoms with Crippen LogP contribution < -0.4 is 15.1 Å². The average molecular weight is 472 g/mol. The normalized spacial score (nSPS) is 19.1. The molecule has 1 atom stereocenters. The lowest BCUT2D eigenvalue weighted by Gasteiger charge is -2.33. The van der Waals surface area contributed by atoms with Gasteiger partial charge in [0.25, 0.3) is 5.91 Å². The Morgan fingerprint density at radius 3 is 2.29 bits per heavy atom. The molecule has 1 saturated heterocycles. The van der Waals surface area contributed by atoms with Crippen molar-refractivity contribution in [3.05, 3.63) is 95.1 Å². The molecule has 6 nitrogen and oxygen atoms in total. The maximum Gasteiger partial charge on any atom is 0.269 e. The quantitative estimate of drug-likeness (QED) is 0.613. The molecule has 3 aromatic rings. The van der Waals surface area contributed by atoms with Gasteiger partial charge in [0.1, 0.15) is 6.54 Å². The second-order valence-corrected chi connectivity index (χ2v) is 9.84. The number of anilines is 2. The van der Waals surface area contributed by atoms with Crippen molar-refractivity contribution in [1.29, 1.82) is 0 Å². The Kier molecular flexibility index (Phi) is 5.65. The molecule has 0 aromatic heterocycles. The van der Waals surface area contributed by atoms with Crippen molar-refractivity contribution < 1.29 is 14.4 Å². The van der Waals surface area contributed by atoms with Crippen LogP contribution >= 0.6 is 11.8 Å². The lowest BCUT2D eigenvalue weighted by molar-refractivity contribution is -0.125. The van der Waals surface area contributed by atoms with Crippen LogP contribution in [0.1, 0.15) is 22.3 Å². The average Bonchev–Trinajstić information content (AvgIpc) is 3.30. The van der Waals surface area contributed by atoms with Crippen molar-refractivity contribution in [2.45, 2.75) is 25.3 Å². The summed E-state index contributed by atoms with van der Waals surface area (Å²) in [4.78, 5) is 41.8. The maximum absolute atomic E-state index is 14.0. The molecular formula is C27H25N3O3S. The van der Waals surface area contributed by atoms with Gasteiger partial charge >= 0.3 is 0 Å². The van der Waals surface area contributed by atoms with Gasteiger partial charge < -0.3 is 5.32 Å². The largest absolute Gasteiger partial charge is 0.350 e. The number of hydrogen-bond donors (Lipinski definition) is 1. The van der Waals surface area contributed by atoms with Gasteiger partial charge in [-0.15, -0.1) is 11.8 Å². The first-order valence-corrected chi connectivity index (χ1v) is 12.2. The Hall–Kier alpha value is -3.58. The van der Waals surface area contributed by atoms with Crippen molar-refractivity contribution in [1.82, 2.24) is 5.32 Å². The second-order valence-electron chi connectivity index (χ2n) is 8.67. The van der Waals surface area contributed by atoms with Crippen molar-refractivity contribution in [2.24, 2.45) is 0 Å². The Labute approximate surface area is 202 Å². The maximum atomic E-state index is 14.0. The minimum atomic E-state index is -1.21. The Morgan fingerprint density at radius 2 is 1.59 bits per heavy atom. The van der Waals surface area contributed by atoms with Crippen LogP contribution in [-0.2, 0) is 25.8 Å². The number of benzene rings is 3. The molecule has 0 unspecified atom stereocenters. The Bertz CT molecular complexity index is 1270. The molecule has 3 aromatic carbocycles. The molecule has 1 N–H and O–H groups in total. The van der Waals surface area contributed by atoms with Crippen molar-refractivity contribution in [3.8, 4) is 0 Å². The zero-order valence-electron chi connectivity index (χ0n) is 19.1. The third kappa shape index (κ3) is 3.66. The molecule has 2 aliphatic heterocycles. The SMILES string of the molecule is Cc1ccc(CNC(=O)CN2C(=O)[C@@]3(SCC(=O)N3c3ccc(C)cc3)c3ccccc32)cc1. The van der Waals surface area contributed by atoms with Crippen LogP contribution in [0.25, 0.3) is 0 Å². The fourth-order valence-electron chi connectivity index (χ4n) is 4.51. The van der Waals surface area contributed by atoms with Gasteiger partial charge in [0, 0.05) is 17.8 Å². The minimum Gasteiger partial charge on any atom is -0.350 e. The highest BCUT2D eigenvalue weighted by atomic mass is 32.2. The smallest absolute Gasteiger partial charge is 0.269 e. The van der Waals surface area contributed by atoms with E-state index in [4.69, 9.17) is 0 Å². The van der Waals surface area contributed by atoms with Crippen LogP contribution in [0.2, 0.25) is 0 Å². The predicted octanol–water partition coefficient (Wildman–Crippen LogP) is 3.90. The van der Waals surface area contributed by atoms with Gasteiger partial charge in [-0.3, -0.25) is 24.2 Å². The summed E-state index contributed by atoms with van der Waals surface area (Å²) >= 11 is 1.31. The van der Waals surface area contributed by atoms with Crippen LogP contribution in [0.3, 0.4) is 0 Å². The third-order valence-corrected chi connectivity index (χ3v) is 7.65. The fourth-order valence-corrected chi connectivity index (χ4v) is 5.87. The molecule has 5 rings (SSSR count). The summed E-state index contributed by atoms with van der Waals surface area (Å²) in [6.07, 6.45) is 0. The van der Waals surface area contributed by atoms with Gasteiger partial charge in [0.2, 0.25) is 16.7 Å². The lowest BCUT2D eigenvalue weighted by Crippen LogP contribution is -2.51. The summed E-state index contributed by atoms with van der Waals surface area (Å²) in [7, 11) is 0. The highest BCUT2D eigenvalue weighted by molar-refractivity contribution is 8.02. The number of nitrogens with zero attached hydrogens (tertiary/aromatic N) is 2. The van der Waals surface area contributed by atoms with E-state index in [2.05, 4.69) is 5.32 Å². The molecule has 0 aliphatic carbocycles. The third-order valence-electron chi connectivity index (χ3n) is 6.27. The van der Waals surface area contributed by atoms with Gasteiger partial charge in [-0.25, -0.2) is 0 Å². The summed E-state index contributed by atoms with van der Waals surface area (Å²) in [6, 6.07) is 23.0. The Balaban J connectivity index is 1.44. The van der Waals surface area contributed by atoms with E-state index < -0.39 is 4.87 Å². The first-order valence-electron chi connectivity index (χ1n) is 11.2. The number of thioether (sulfide) groups is 1. The number of hydrogen-bond acceptors (Lipinski definition) is 4. The van der Waals surface area contributed by atoms with E-state index in [0.717, 1.165) is 22.3 Å². The number of amides is 3. The molecule has 172 valence electrons.